The van der Waals surface area contributed by atoms with Gasteiger partial charge in [0.25, 0.3) is 5.91 Å². The molecule has 2 aromatic rings. The third-order valence-electron chi connectivity index (χ3n) is 5.19. The lowest BCUT2D eigenvalue weighted by atomic mass is 10.2. The van der Waals surface area contributed by atoms with E-state index in [9.17, 15) is 17.6 Å². The van der Waals surface area contributed by atoms with E-state index in [0.717, 1.165) is 11.0 Å². The van der Waals surface area contributed by atoms with E-state index in [-0.39, 0.29) is 29.9 Å². The molecule has 9 heteroatoms. The number of ether oxygens (including phenoxy) is 1. The summed E-state index contributed by atoms with van der Waals surface area (Å²) in [5.74, 6) is -0.356. The molecule has 29 heavy (non-hydrogen) atoms. The highest BCUT2D eigenvalue weighted by molar-refractivity contribution is 7.89. The van der Waals surface area contributed by atoms with Gasteiger partial charge in [0.1, 0.15) is 16.5 Å². The van der Waals surface area contributed by atoms with Gasteiger partial charge in [-0.1, -0.05) is 24.3 Å². The van der Waals surface area contributed by atoms with Crippen molar-refractivity contribution >= 4 is 21.6 Å². The monoisotopic (exact) mass is 422 g/mol. The Morgan fingerprint density at radius 3 is 2.41 bits per heavy atom. The molecule has 1 aliphatic heterocycles. The predicted octanol–water partition coefficient (Wildman–Crippen LogP) is 0.751. The van der Waals surface area contributed by atoms with Crippen LogP contribution in [0.1, 0.15) is 6.92 Å². The Kier molecular flexibility index (Phi) is 6.51. The summed E-state index contributed by atoms with van der Waals surface area (Å²) in [7, 11) is -2.36. The first-order valence-electron chi connectivity index (χ1n) is 9.37. The molecular weight excluding hydrogens is 397 g/mol. The molecule has 3 rings (SSSR count). The van der Waals surface area contributed by atoms with Crippen LogP contribution in [0.5, 0.6) is 5.75 Å². The summed E-state index contributed by atoms with van der Waals surface area (Å²) in [5.41, 5.74) is 0.590. The zero-order valence-corrected chi connectivity index (χ0v) is 17.2. The molecule has 1 atom stereocenters. The van der Waals surface area contributed by atoms with Gasteiger partial charge in [0.2, 0.25) is 10.0 Å². The van der Waals surface area contributed by atoms with Crippen molar-refractivity contribution in [1.82, 2.24) is 4.31 Å². The largest absolute Gasteiger partial charge is 0.495 e. The zero-order chi connectivity index (χ0) is 21.0. The van der Waals surface area contributed by atoms with Crippen molar-refractivity contribution in [3.8, 4) is 5.75 Å². The van der Waals surface area contributed by atoms with E-state index in [2.05, 4.69) is 5.32 Å². The van der Waals surface area contributed by atoms with Crippen LogP contribution in [-0.4, -0.2) is 58.0 Å². The van der Waals surface area contributed by atoms with Gasteiger partial charge in [0, 0.05) is 0 Å². The first-order chi connectivity index (χ1) is 13.8. The number of carbonyl (C=O) groups excluding carboxylic acids is 1. The number of sulfonamides is 1. The van der Waals surface area contributed by atoms with Crippen LogP contribution in [0.3, 0.4) is 0 Å². The fraction of sp³-hybridized carbons (Fsp3) is 0.350. The number of halogens is 1. The molecule has 7 nitrogen and oxygen atoms in total. The number of quaternary nitrogens is 1. The topological polar surface area (TPSA) is 80.2 Å². The number of hydrogen-bond donors (Lipinski definition) is 2. The van der Waals surface area contributed by atoms with Crippen LogP contribution in [0.25, 0.3) is 0 Å². The van der Waals surface area contributed by atoms with Crippen LogP contribution in [0, 0.1) is 5.82 Å². The maximum atomic E-state index is 13.9. The second-order valence-corrected chi connectivity index (χ2v) is 8.81. The lowest BCUT2D eigenvalue weighted by molar-refractivity contribution is -0.917. The van der Waals surface area contributed by atoms with Gasteiger partial charge >= 0.3 is 0 Å². The minimum absolute atomic E-state index is 0.171. The number of nitrogens with one attached hydrogen (secondary N) is 2. The summed E-state index contributed by atoms with van der Waals surface area (Å²) in [4.78, 5) is 13.3. The molecule has 0 unspecified atom stereocenters. The fourth-order valence-electron chi connectivity index (χ4n) is 3.41. The van der Waals surface area contributed by atoms with Crippen LogP contribution >= 0.6 is 0 Å². The number of anilines is 1. The SMILES string of the molecule is COc1ccccc1NC(=O)[C@H](C)[NH+]1CCN(S(=O)(=O)c2ccccc2F)CC1. The van der Waals surface area contributed by atoms with Crippen molar-refractivity contribution in [1.29, 1.82) is 0 Å². The number of nitrogens with zero attached hydrogens (tertiary/aromatic N) is 1. The first kappa shape index (κ1) is 21.2. The normalized spacial score (nSPS) is 16.9. The lowest BCUT2D eigenvalue weighted by Gasteiger charge is -2.34. The second-order valence-electron chi connectivity index (χ2n) is 6.90. The molecule has 2 aromatic carbocycles. The minimum Gasteiger partial charge on any atom is -0.495 e. The molecule has 0 aromatic heterocycles. The van der Waals surface area contributed by atoms with Crippen LogP contribution in [0.15, 0.2) is 53.4 Å². The maximum absolute atomic E-state index is 13.9. The Hall–Kier alpha value is -2.49. The van der Waals surface area contributed by atoms with Gasteiger partial charge in [0.05, 0.1) is 39.0 Å². The number of piperazine rings is 1. The number of carbonyl (C=O) groups is 1. The summed E-state index contributed by atoms with van der Waals surface area (Å²) in [6.07, 6.45) is 0. The van der Waals surface area contributed by atoms with E-state index in [1.165, 1.54) is 29.6 Å². The average Bonchev–Trinajstić information content (AvgIpc) is 2.73. The standard InChI is InChI=1S/C20H24FN3O4S/c1-15(20(25)22-17-8-4-5-9-18(17)28-2)23-11-13-24(14-12-23)29(26,27)19-10-6-3-7-16(19)21/h3-10,15H,11-14H2,1-2H3,(H,22,25)/p+1/t15-/m0/s1. The molecule has 156 valence electrons. The van der Waals surface area contributed by atoms with Gasteiger partial charge in [-0.05, 0) is 31.2 Å². The summed E-state index contributed by atoms with van der Waals surface area (Å²) >= 11 is 0. The molecule has 1 aliphatic rings. The fourth-order valence-corrected chi connectivity index (χ4v) is 4.92. The Balaban J connectivity index is 1.63. The average molecular weight is 423 g/mol. The van der Waals surface area contributed by atoms with E-state index < -0.39 is 15.8 Å². The lowest BCUT2D eigenvalue weighted by Crippen LogP contribution is -3.19. The molecular formula is C20H25FN3O4S+. The molecule has 1 fully saturated rings. The Bertz CT molecular complexity index is 975. The van der Waals surface area contributed by atoms with Gasteiger partial charge in [-0.15, -0.1) is 0 Å². The Morgan fingerprint density at radius 2 is 1.76 bits per heavy atom. The highest BCUT2D eigenvalue weighted by Gasteiger charge is 2.35. The molecule has 0 aliphatic carbocycles. The molecule has 1 saturated heterocycles. The molecule has 2 N–H and O–H groups in total. The van der Waals surface area contributed by atoms with E-state index >= 15 is 0 Å². The molecule has 1 heterocycles. The Morgan fingerprint density at radius 1 is 1.14 bits per heavy atom. The minimum atomic E-state index is -3.89. The van der Waals surface area contributed by atoms with Crippen molar-refractivity contribution in [2.75, 3.05) is 38.6 Å². The maximum Gasteiger partial charge on any atom is 0.282 e. The van der Waals surface area contributed by atoms with E-state index in [0.29, 0.717) is 24.5 Å². The van der Waals surface area contributed by atoms with Crippen molar-refractivity contribution in [2.24, 2.45) is 0 Å². The number of hydrogen-bond acceptors (Lipinski definition) is 4. The smallest absolute Gasteiger partial charge is 0.282 e. The third kappa shape index (κ3) is 4.58. The number of benzene rings is 2. The van der Waals surface area contributed by atoms with Crippen LogP contribution in [0.4, 0.5) is 10.1 Å². The predicted molar refractivity (Wildman–Crippen MR) is 107 cm³/mol. The van der Waals surface area contributed by atoms with Gasteiger partial charge in [-0.25, -0.2) is 12.8 Å². The third-order valence-corrected chi connectivity index (χ3v) is 7.12. The van der Waals surface area contributed by atoms with E-state index in [1.807, 2.05) is 12.1 Å². The number of rotatable bonds is 6. The van der Waals surface area contributed by atoms with Crippen molar-refractivity contribution < 1.29 is 27.2 Å². The second kappa shape index (κ2) is 8.89. The van der Waals surface area contributed by atoms with Gasteiger partial charge in [0.15, 0.2) is 6.04 Å². The van der Waals surface area contributed by atoms with Crippen LogP contribution in [-0.2, 0) is 14.8 Å². The Labute approximate surface area is 170 Å². The summed E-state index contributed by atoms with van der Waals surface area (Å²) in [6.45, 7) is 3.15. The van der Waals surface area contributed by atoms with Gasteiger partial charge in [-0.3, -0.25) is 4.79 Å². The first-order valence-corrected chi connectivity index (χ1v) is 10.8. The molecule has 0 bridgehead atoms. The van der Waals surface area contributed by atoms with Crippen molar-refractivity contribution in [2.45, 2.75) is 17.9 Å². The summed E-state index contributed by atoms with van der Waals surface area (Å²) in [6, 6.07) is 12.1. The van der Waals surface area contributed by atoms with Crippen molar-refractivity contribution in [3.05, 3.63) is 54.3 Å². The molecule has 1 amide bonds. The van der Waals surface area contributed by atoms with Crippen molar-refractivity contribution in [3.63, 3.8) is 0 Å². The molecule has 0 radical (unpaired) electrons. The van der Waals surface area contributed by atoms with Gasteiger partial charge in [-0.2, -0.15) is 4.31 Å². The quantitative estimate of drug-likeness (QED) is 0.720. The summed E-state index contributed by atoms with van der Waals surface area (Å²) in [5, 5.41) is 2.87. The summed E-state index contributed by atoms with van der Waals surface area (Å²) < 4.78 is 45.9. The van der Waals surface area contributed by atoms with Crippen LogP contribution < -0.4 is 15.0 Å². The molecule has 0 saturated carbocycles. The van der Waals surface area contributed by atoms with E-state index in [4.69, 9.17) is 4.74 Å². The molecule has 0 spiro atoms. The number of amides is 1. The highest BCUT2D eigenvalue weighted by atomic mass is 32.2. The number of methoxy groups -OCH3 is 1. The number of para-hydroxylation sites is 2. The highest BCUT2D eigenvalue weighted by Crippen LogP contribution is 2.23. The zero-order valence-electron chi connectivity index (χ0n) is 16.4. The van der Waals surface area contributed by atoms with Crippen LogP contribution in [0.2, 0.25) is 0 Å². The van der Waals surface area contributed by atoms with E-state index in [1.54, 1.807) is 19.1 Å². The van der Waals surface area contributed by atoms with Gasteiger partial charge < -0.3 is 15.0 Å².